The van der Waals surface area contributed by atoms with Gasteiger partial charge in [0.1, 0.15) is 0 Å². The summed E-state index contributed by atoms with van der Waals surface area (Å²) < 4.78 is 7.55. The van der Waals surface area contributed by atoms with Crippen molar-refractivity contribution in [3.63, 3.8) is 0 Å². The second kappa shape index (κ2) is 6.96. The van der Waals surface area contributed by atoms with Gasteiger partial charge in [0, 0.05) is 11.8 Å². The minimum absolute atomic E-state index is 0.270. The van der Waals surface area contributed by atoms with Crippen LogP contribution in [0.1, 0.15) is 24.3 Å². The van der Waals surface area contributed by atoms with E-state index < -0.39 is 6.10 Å². The highest BCUT2D eigenvalue weighted by Gasteiger charge is 2.29. The normalized spacial score (nSPS) is 19.8. The van der Waals surface area contributed by atoms with Crippen molar-refractivity contribution in [2.24, 2.45) is 0 Å². The highest BCUT2D eigenvalue weighted by Crippen LogP contribution is 2.22. The SMILES string of the molecule is N#CCCCCc1nc2c[cH-]c(=[N+]3[CH-]O[C@@H](CO)C3=O)cc2s1. The molecular weight excluding hydrogens is 314 g/mol. The van der Waals surface area contributed by atoms with Gasteiger partial charge in [0.05, 0.1) is 17.7 Å². The van der Waals surface area contributed by atoms with Crippen LogP contribution >= 0.6 is 11.3 Å². The summed E-state index contributed by atoms with van der Waals surface area (Å²) in [5.74, 6) is -0.270. The minimum Gasteiger partial charge on any atom is -0.394 e. The summed E-state index contributed by atoms with van der Waals surface area (Å²) in [7, 11) is 0. The molecule has 1 aliphatic heterocycles. The third-order valence-corrected chi connectivity index (χ3v) is 4.71. The number of unbranched alkanes of at least 4 members (excludes halogenated alkanes) is 2. The maximum atomic E-state index is 12.1. The first-order valence-electron chi connectivity index (χ1n) is 7.42. The number of nitriles is 1. The fraction of sp³-hybridized carbons (Fsp3) is 0.375. The van der Waals surface area contributed by atoms with Crippen LogP contribution in [-0.4, -0.2) is 28.7 Å². The van der Waals surface area contributed by atoms with Gasteiger partial charge in [0.15, 0.2) is 12.8 Å². The molecule has 0 radical (unpaired) electrons. The number of amides is 1. The Bertz CT molecular complexity index is 831. The lowest BCUT2D eigenvalue weighted by atomic mass is 10.2. The Morgan fingerprint density at radius 1 is 1.52 bits per heavy atom. The molecule has 1 atom stereocenters. The number of fused-ring (bicyclic) bond motifs is 1. The number of aryl methyl sites for hydroxylation is 1. The van der Waals surface area contributed by atoms with Crippen LogP contribution in [0.15, 0.2) is 18.2 Å². The molecule has 7 heteroatoms. The van der Waals surface area contributed by atoms with Gasteiger partial charge in [-0.15, -0.1) is 17.4 Å². The van der Waals surface area contributed by atoms with Crippen LogP contribution in [0.3, 0.4) is 0 Å². The number of ether oxygens (including phenoxy) is 1. The molecule has 1 N–H and O–H groups in total. The van der Waals surface area contributed by atoms with E-state index in [1.165, 1.54) is 11.3 Å². The monoisotopic (exact) mass is 330 g/mol. The molecule has 0 aliphatic carbocycles. The number of rotatable bonds is 5. The molecule has 3 rings (SSSR count). The summed E-state index contributed by atoms with van der Waals surface area (Å²) in [6.45, 7) is 1.01. The largest absolute Gasteiger partial charge is 0.394 e. The number of carbonyl (C=O) groups excluding carboxylic acids is 1. The first-order chi connectivity index (χ1) is 11.2. The molecule has 1 aromatic carbocycles. The molecule has 0 unspecified atom stereocenters. The number of carbonyl (C=O) groups is 1. The molecular formula is C16H16N3O3S-. The first kappa shape index (κ1) is 15.7. The molecule has 0 saturated carbocycles. The lowest BCUT2D eigenvalue weighted by molar-refractivity contribution is -0.126. The van der Waals surface area contributed by atoms with Gasteiger partial charge in [-0.25, -0.2) is 0 Å². The molecule has 1 amide bonds. The minimum atomic E-state index is -0.817. The number of hydrogen-bond donors (Lipinski definition) is 1. The lowest BCUT2D eigenvalue weighted by Gasteiger charge is -2.03. The number of hydrogen-bond acceptors (Lipinski definition) is 6. The zero-order valence-electron chi connectivity index (χ0n) is 12.4. The van der Waals surface area contributed by atoms with Crippen LogP contribution in [0.4, 0.5) is 0 Å². The number of nitrogens with zero attached hydrogens (tertiary/aromatic N) is 3. The van der Waals surface area contributed by atoms with Gasteiger partial charge in [0.25, 0.3) is 0 Å². The molecule has 0 spiro atoms. The maximum absolute atomic E-state index is 12.1. The third kappa shape index (κ3) is 3.29. The van der Waals surface area contributed by atoms with Crippen molar-refractivity contribution in [3.8, 4) is 6.07 Å². The van der Waals surface area contributed by atoms with Crippen LogP contribution in [0.25, 0.3) is 10.2 Å². The van der Waals surface area contributed by atoms with Crippen LogP contribution in [0, 0.1) is 18.1 Å². The molecule has 2 heterocycles. The summed E-state index contributed by atoms with van der Waals surface area (Å²) in [5.41, 5.74) is 0.903. The Morgan fingerprint density at radius 3 is 3.13 bits per heavy atom. The molecule has 1 fully saturated rings. The smallest absolute Gasteiger partial charge is 0.313 e. The van der Waals surface area contributed by atoms with Crippen LogP contribution in [-0.2, 0) is 16.0 Å². The van der Waals surface area contributed by atoms with Crippen molar-refractivity contribution in [1.82, 2.24) is 9.56 Å². The molecule has 1 aliphatic rings. The third-order valence-electron chi connectivity index (χ3n) is 3.63. The first-order valence-corrected chi connectivity index (χ1v) is 8.23. The van der Waals surface area contributed by atoms with Gasteiger partial charge in [-0.1, -0.05) is 4.70 Å². The van der Waals surface area contributed by atoms with E-state index in [-0.39, 0.29) is 12.5 Å². The van der Waals surface area contributed by atoms with Crippen molar-refractivity contribution < 1.29 is 14.6 Å². The second-order valence-electron chi connectivity index (χ2n) is 5.25. The molecule has 120 valence electrons. The van der Waals surface area contributed by atoms with Gasteiger partial charge in [0.2, 0.25) is 0 Å². The van der Waals surface area contributed by atoms with Crippen LogP contribution < -0.4 is 9.93 Å². The van der Waals surface area contributed by atoms with Crippen molar-refractivity contribution in [1.29, 1.82) is 5.26 Å². The van der Waals surface area contributed by atoms with Crippen molar-refractivity contribution >= 4 is 27.5 Å². The molecule has 23 heavy (non-hydrogen) atoms. The number of benzene rings is 1. The summed E-state index contributed by atoms with van der Waals surface area (Å²) in [6, 6.07) is 7.75. The Balaban J connectivity index is 1.85. The van der Waals surface area contributed by atoms with Gasteiger partial charge >= 0.3 is 5.91 Å². The van der Waals surface area contributed by atoms with E-state index >= 15 is 0 Å². The van der Waals surface area contributed by atoms with Gasteiger partial charge in [-0.05, 0) is 24.8 Å². The summed E-state index contributed by atoms with van der Waals surface area (Å²) in [4.78, 5) is 16.6. The molecule has 1 saturated heterocycles. The fourth-order valence-electron chi connectivity index (χ4n) is 2.41. The zero-order valence-corrected chi connectivity index (χ0v) is 13.3. The Morgan fingerprint density at radius 2 is 2.39 bits per heavy atom. The maximum Gasteiger partial charge on any atom is 0.313 e. The second-order valence-corrected chi connectivity index (χ2v) is 6.36. The lowest BCUT2D eigenvalue weighted by Crippen LogP contribution is -2.33. The predicted molar refractivity (Wildman–Crippen MR) is 84.9 cm³/mol. The molecule has 6 nitrogen and oxygen atoms in total. The Kier molecular flexibility index (Phi) is 4.76. The van der Waals surface area contributed by atoms with Gasteiger partial charge < -0.3 is 14.8 Å². The average Bonchev–Trinajstić information content (AvgIpc) is 3.13. The van der Waals surface area contributed by atoms with E-state index in [9.17, 15) is 4.79 Å². The van der Waals surface area contributed by atoms with Crippen molar-refractivity contribution in [2.75, 3.05) is 6.61 Å². The highest BCUT2D eigenvalue weighted by molar-refractivity contribution is 7.18. The fourth-order valence-corrected chi connectivity index (χ4v) is 3.45. The summed E-state index contributed by atoms with van der Waals surface area (Å²) >= 11 is 1.60. The standard InChI is InChI=1S/C16H16N3O3S/c17-7-3-1-2-4-15-18-12-6-5-11(8-14(12)23-15)19-10-22-13(9-20)16(19)21/h5-6,8,10,13,20H,1-4,9H2/q-1/t13-/m0/s1. The van der Waals surface area contributed by atoms with Crippen molar-refractivity contribution in [2.45, 2.75) is 31.8 Å². The quantitative estimate of drug-likeness (QED) is 0.503. The average molecular weight is 330 g/mol. The Hall–Kier alpha value is -2.14. The number of aliphatic hydroxyl groups is 1. The van der Waals surface area contributed by atoms with E-state index in [0.29, 0.717) is 11.8 Å². The number of aromatic nitrogens is 1. The van der Waals surface area contributed by atoms with Crippen molar-refractivity contribution in [3.05, 3.63) is 35.3 Å². The highest BCUT2D eigenvalue weighted by atomic mass is 32.1. The van der Waals surface area contributed by atoms with E-state index in [2.05, 4.69) is 11.1 Å². The predicted octanol–water partition coefficient (Wildman–Crippen LogP) is 1.06. The molecule has 0 bridgehead atoms. The number of aliphatic hydroxyl groups excluding tert-OH is 1. The van der Waals surface area contributed by atoms with E-state index in [4.69, 9.17) is 15.1 Å². The van der Waals surface area contributed by atoms with Crippen LogP contribution in [0.2, 0.25) is 0 Å². The summed E-state index contributed by atoms with van der Waals surface area (Å²) in [5, 5.41) is 19.4. The van der Waals surface area contributed by atoms with E-state index in [1.807, 2.05) is 18.2 Å². The summed E-state index contributed by atoms with van der Waals surface area (Å²) in [6.07, 6.45) is 2.46. The molecule has 1 aromatic heterocycles. The van der Waals surface area contributed by atoms with Gasteiger partial charge in [-0.2, -0.15) is 17.4 Å². The molecule has 2 aromatic rings. The van der Waals surface area contributed by atoms with E-state index in [0.717, 1.165) is 34.5 Å². The van der Waals surface area contributed by atoms with E-state index in [1.54, 1.807) is 11.3 Å². The van der Waals surface area contributed by atoms with Crippen LogP contribution in [0.5, 0.6) is 0 Å². The Labute approximate surface area is 137 Å². The number of thiazole rings is 1. The van der Waals surface area contributed by atoms with Gasteiger partial charge in [-0.3, -0.25) is 9.37 Å². The zero-order chi connectivity index (χ0) is 16.2. The topological polar surface area (TPSA) is 86.2 Å².